The van der Waals surface area contributed by atoms with Gasteiger partial charge in [-0.25, -0.2) is 9.18 Å². The summed E-state index contributed by atoms with van der Waals surface area (Å²) in [5.74, 6) is 0.453. The van der Waals surface area contributed by atoms with Crippen molar-refractivity contribution in [3.63, 3.8) is 0 Å². The minimum Gasteiger partial charge on any atom is -0.454 e. The molecule has 9 nitrogen and oxygen atoms in total. The highest BCUT2D eigenvalue weighted by atomic mass is 35.5. The van der Waals surface area contributed by atoms with Crippen molar-refractivity contribution in [2.45, 2.75) is 37.8 Å². The molecule has 37 heavy (non-hydrogen) atoms. The van der Waals surface area contributed by atoms with Crippen molar-refractivity contribution >= 4 is 29.3 Å². The third kappa shape index (κ3) is 3.96. The predicted octanol–water partition coefficient (Wildman–Crippen LogP) is 5.10. The van der Waals surface area contributed by atoms with E-state index in [1.54, 1.807) is 21.8 Å². The summed E-state index contributed by atoms with van der Waals surface area (Å²) in [6, 6.07) is 8.58. The van der Waals surface area contributed by atoms with Gasteiger partial charge in [0.1, 0.15) is 0 Å². The summed E-state index contributed by atoms with van der Waals surface area (Å²) < 4.78 is 33.5. The quantitative estimate of drug-likeness (QED) is 0.508. The van der Waals surface area contributed by atoms with Crippen molar-refractivity contribution in [3.8, 4) is 11.5 Å². The van der Waals surface area contributed by atoms with E-state index in [0.29, 0.717) is 42.1 Å². The number of amides is 2. The lowest BCUT2D eigenvalue weighted by molar-refractivity contribution is -0.0418. The lowest BCUT2D eigenvalue weighted by atomic mass is 9.83. The Balaban J connectivity index is 1.27. The van der Waals surface area contributed by atoms with E-state index >= 15 is 4.39 Å². The Morgan fingerprint density at radius 1 is 1.27 bits per heavy atom. The van der Waals surface area contributed by atoms with E-state index in [9.17, 15) is 9.59 Å². The van der Waals surface area contributed by atoms with Crippen LogP contribution in [0.25, 0.3) is 0 Å². The van der Waals surface area contributed by atoms with Crippen LogP contribution < -0.4 is 14.8 Å². The van der Waals surface area contributed by atoms with Crippen molar-refractivity contribution in [3.05, 3.63) is 70.3 Å². The minimum absolute atomic E-state index is 0.00800. The second-order valence-electron chi connectivity index (χ2n) is 9.37. The lowest BCUT2D eigenvalue weighted by Crippen LogP contribution is -2.53. The number of hydrogen-bond acceptors (Lipinski definition) is 6. The van der Waals surface area contributed by atoms with Crippen LogP contribution in [0.1, 0.15) is 53.7 Å². The predicted molar refractivity (Wildman–Crippen MR) is 132 cm³/mol. The summed E-state index contributed by atoms with van der Waals surface area (Å²) in [7, 11) is 0. The van der Waals surface area contributed by atoms with E-state index in [0.717, 1.165) is 12.0 Å². The molecule has 0 saturated carbocycles. The van der Waals surface area contributed by atoms with E-state index in [1.165, 1.54) is 12.3 Å². The van der Waals surface area contributed by atoms with Gasteiger partial charge in [-0.05, 0) is 49.1 Å². The molecule has 0 bridgehead atoms. The van der Waals surface area contributed by atoms with Gasteiger partial charge in [-0.15, -0.1) is 0 Å². The summed E-state index contributed by atoms with van der Waals surface area (Å²) in [6.45, 7) is 2.68. The van der Waals surface area contributed by atoms with Crippen LogP contribution in [0.2, 0.25) is 5.02 Å². The first-order valence-corrected chi connectivity index (χ1v) is 12.5. The van der Waals surface area contributed by atoms with Crippen LogP contribution in [0.4, 0.5) is 14.9 Å². The zero-order chi connectivity index (χ0) is 25.7. The van der Waals surface area contributed by atoms with Crippen LogP contribution >= 0.6 is 11.6 Å². The van der Waals surface area contributed by atoms with Crippen LogP contribution in [0, 0.1) is 5.82 Å². The van der Waals surface area contributed by atoms with Gasteiger partial charge in [0.25, 0.3) is 5.91 Å². The van der Waals surface area contributed by atoms with Crippen LogP contribution in [0.3, 0.4) is 0 Å². The number of halogens is 2. The number of rotatable bonds is 4. The first kappa shape index (κ1) is 23.6. The summed E-state index contributed by atoms with van der Waals surface area (Å²) in [5.41, 5.74) is 0.519. The number of aromatic nitrogens is 2. The first-order valence-electron chi connectivity index (χ1n) is 12.1. The lowest BCUT2D eigenvalue weighted by Gasteiger charge is -2.45. The normalized spacial score (nSPS) is 20.8. The Kier molecular flexibility index (Phi) is 5.71. The second-order valence-corrected chi connectivity index (χ2v) is 9.78. The summed E-state index contributed by atoms with van der Waals surface area (Å²) in [6.07, 6.45) is 4.18. The largest absolute Gasteiger partial charge is 0.454 e. The van der Waals surface area contributed by atoms with Gasteiger partial charge in [-0.1, -0.05) is 24.6 Å². The highest BCUT2D eigenvalue weighted by Crippen LogP contribution is 2.45. The molecule has 1 N–H and O–H groups in total. The van der Waals surface area contributed by atoms with E-state index in [1.807, 2.05) is 25.1 Å². The van der Waals surface area contributed by atoms with Gasteiger partial charge < -0.3 is 19.1 Å². The monoisotopic (exact) mass is 526 g/mol. The van der Waals surface area contributed by atoms with Gasteiger partial charge in [-0.3, -0.25) is 14.8 Å². The highest BCUT2D eigenvalue weighted by molar-refractivity contribution is 6.31. The van der Waals surface area contributed by atoms with E-state index in [2.05, 4.69) is 10.4 Å². The van der Waals surface area contributed by atoms with Crippen molar-refractivity contribution in [2.75, 3.05) is 25.2 Å². The average Bonchev–Trinajstić information content (AvgIpc) is 3.56. The van der Waals surface area contributed by atoms with Crippen LogP contribution in [0.15, 0.2) is 42.7 Å². The second kappa shape index (κ2) is 8.95. The van der Waals surface area contributed by atoms with Gasteiger partial charge in [0.2, 0.25) is 6.79 Å². The molecule has 2 amide bonds. The molecule has 0 radical (unpaired) electrons. The molecule has 11 heteroatoms. The Morgan fingerprint density at radius 3 is 2.95 bits per heavy atom. The van der Waals surface area contributed by atoms with E-state index in [-0.39, 0.29) is 35.9 Å². The summed E-state index contributed by atoms with van der Waals surface area (Å²) in [4.78, 5) is 27.5. The Morgan fingerprint density at radius 2 is 2.11 bits per heavy atom. The SMILES string of the molecule is CCC(c1ccc2c(c1)OCO2)n1cc(C(=O)N2CCC[C@@]3(C2)OC(=O)Nc2ccc(Cl)c(F)c23)cn1. The molecule has 3 aliphatic heterocycles. The Bertz CT molecular complexity index is 1410. The fraction of sp³-hybridized carbons (Fsp3) is 0.346. The van der Waals surface area contributed by atoms with Crippen LogP contribution in [-0.2, 0) is 10.3 Å². The molecule has 6 rings (SSSR count). The average molecular weight is 527 g/mol. The molecular weight excluding hydrogens is 503 g/mol. The molecule has 1 fully saturated rings. The Labute approximate surface area is 217 Å². The molecular formula is C26H24ClFN4O5. The van der Waals surface area contributed by atoms with Crippen molar-refractivity contribution in [2.24, 2.45) is 0 Å². The highest BCUT2D eigenvalue weighted by Gasteiger charge is 2.48. The first-order chi connectivity index (χ1) is 17.9. The fourth-order valence-electron chi connectivity index (χ4n) is 5.44. The summed E-state index contributed by atoms with van der Waals surface area (Å²) >= 11 is 6.06. The van der Waals surface area contributed by atoms with E-state index in [4.69, 9.17) is 25.8 Å². The number of ether oxygens (including phenoxy) is 3. The van der Waals surface area contributed by atoms with Crippen molar-refractivity contribution < 1.29 is 28.2 Å². The van der Waals surface area contributed by atoms with Gasteiger partial charge in [0.15, 0.2) is 22.9 Å². The Hall–Kier alpha value is -3.79. The molecule has 2 aromatic carbocycles. The molecule has 2 atom stereocenters. The van der Waals surface area contributed by atoms with Crippen molar-refractivity contribution in [1.82, 2.24) is 14.7 Å². The zero-order valence-electron chi connectivity index (χ0n) is 20.0. The molecule has 4 heterocycles. The molecule has 1 unspecified atom stereocenters. The van der Waals surface area contributed by atoms with Gasteiger partial charge in [0, 0.05) is 12.7 Å². The number of benzene rings is 2. The fourth-order valence-corrected chi connectivity index (χ4v) is 5.60. The van der Waals surface area contributed by atoms with Gasteiger partial charge in [-0.2, -0.15) is 5.10 Å². The molecule has 1 spiro atoms. The number of hydrogen-bond donors (Lipinski definition) is 1. The van der Waals surface area contributed by atoms with Gasteiger partial charge in [0.05, 0.1) is 40.6 Å². The molecule has 1 aromatic heterocycles. The van der Waals surface area contributed by atoms with E-state index < -0.39 is 17.5 Å². The number of likely N-dealkylation sites (tertiary alicyclic amines) is 1. The number of nitrogens with zero attached hydrogens (tertiary/aromatic N) is 3. The third-order valence-electron chi connectivity index (χ3n) is 7.15. The number of carbonyl (C=O) groups excluding carboxylic acids is 2. The number of anilines is 1. The number of carbonyl (C=O) groups is 2. The molecule has 192 valence electrons. The zero-order valence-corrected chi connectivity index (χ0v) is 20.8. The maximum absolute atomic E-state index is 15.2. The minimum atomic E-state index is -1.32. The standard InChI is InChI=1S/C26H24ClFN4O5/c1-2-19(15-4-7-20-21(10-15)36-14-35-20)32-12-16(11-29-32)24(33)31-9-3-8-26(13-31)22-18(30-25(34)37-26)6-5-17(27)23(22)28/h4-7,10-12,19H,2-3,8-9,13-14H2,1H3,(H,30,34)/t19?,26-/m0/s1. The van der Waals surface area contributed by atoms with Crippen LogP contribution in [-0.4, -0.2) is 46.6 Å². The molecule has 1 saturated heterocycles. The van der Waals surface area contributed by atoms with Gasteiger partial charge >= 0.3 is 6.09 Å². The number of nitrogens with one attached hydrogen (secondary N) is 1. The maximum atomic E-state index is 15.2. The number of fused-ring (bicyclic) bond motifs is 3. The maximum Gasteiger partial charge on any atom is 0.412 e. The number of piperidine rings is 1. The topological polar surface area (TPSA) is 94.9 Å². The third-order valence-corrected chi connectivity index (χ3v) is 7.45. The molecule has 0 aliphatic carbocycles. The van der Waals surface area contributed by atoms with Crippen molar-refractivity contribution in [1.29, 1.82) is 0 Å². The molecule has 3 aliphatic rings. The smallest absolute Gasteiger partial charge is 0.412 e. The van der Waals surface area contributed by atoms with Crippen LogP contribution in [0.5, 0.6) is 11.5 Å². The molecule has 3 aromatic rings. The summed E-state index contributed by atoms with van der Waals surface area (Å²) in [5, 5.41) is 6.94.